The molecular formula is C11H10N6O2. The molecule has 2 aromatic rings. The highest BCUT2D eigenvalue weighted by Gasteiger charge is 2.16. The standard InChI is InChI=1S/C11H10N6O2/c12-6-8-5-9(17(18)19)11(16-7-8)15-2-1-10-13-3-4-14-10/h3-5,7H,1-2H2,(H,13,14)(H,15,16). The molecule has 2 N–H and O–H groups in total. The van der Waals surface area contributed by atoms with Gasteiger partial charge in [0.1, 0.15) is 11.9 Å². The van der Waals surface area contributed by atoms with E-state index >= 15 is 0 Å². The molecule has 0 aliphatic rings. The minimum Gasteiger partial charge on any atom is -0.364 e. The fraction of sp³-hybridized carbons (Fsp3) is 0.182. The van der Waals surface area contributed by atoms with E-state index in [9.17, 15) is 10.1 Å². The van der Waals surface area contributed by atoms with Crippen molar-refractivity contribution in [2.75, 3.05) is 11.9 Å². The third-order valence-electron chi connectivity index (χ3n) is 2.40. The van der Waals surface area contributed by atoms with E-state index in [2.05, 4.69) is 20.3 Å². The lowest BCUT2D eigenvalue weighted by molar-refractivity contribution is -0.384. The number of hydrogen-bond donors (Lipinski definition) is 2. The molecular weight excluding hydrogens is 248 g/mol. The number of aromatic amines is 1. The average Bonchev–Trinajstić information content (AvgIpc) is 2.92. The molecule has 2 heterocycles. The van der Waals surface area contributed by atoms with Crippen molar-refractivity contribution in [3.05, 3.63) is 46.2 Å². The van der Waals surface area contributed by atoms with E-state index in [1.54, 1.807) is 12.4 Å². The number of nitrogens with zero attached hydrogens (tertiary/aromatic N) is 4. The maximum absolute atomic E-state index is 10.9. The van der Waals surface area contributed by atoms with Crippen LogP contribution < -0.4 is 5.32 Å². The molecule has 96 valence electrons. The molecule has 0 saturated heterocycles. The number of nitrogens with one attached hydrogen (secondary N) is 2. The van der Waals surface area contributed by atoms with E-state index in [1.165, 1.54) is 12.3 Å². The number of H-pyrrole nitrogens is 1. The zero-order valence-corrected chi connectivity index (χ0v) is 9.83. The Kier molecular flexibility index (Phi) is 3.68. The van der Waals surface area contributed by atoms with Gasteiger partial charge in [0.2, 0.25) is 5.82 Å². The minimum atomic E-state index is -0.566. The number of hydrogen-bond acceptors (Lipinski definition) is 6. The summed E-state index contributed by atoms with van der Waals surface area (Å²) in [7, 11) is 0. The van der Waals surface area contributed by atoms with Crippen molar-refractivity contribution in [2.24, 2.45) is 0 Å². The van der Waals surface area contributed by atoms with Crippen LogP contribution in [-0.4, -0.2) is 26.4 Å². The molecule has 0 atom stereocenters. The number of pyridine rings is 1. The first kappa shape index (κ1) is 12.5. The van der Waals surface area contributed by atoms with Crippen molar-refractivity contribution in [1.82, 2.24) is 15.0 Å². The van der Waals surface area contributed by atoms with E-state index in [1.807, 2.05) is 6.07 Å². The Labute approximate surface area is 108 Å². The maximum Gasteiger partial charge on any atom is 0.312 e. The van der Waals surface area contributed by atoms with Gasteiger partial charge in [0.25, 0.3) is 0 Å². The van der Waals surface area contributed by atoms with Gasteiger partial charge < -0.3 is 10.3 Å². The smallest absolute Gasteiger partial charge is 0.312 e. The van der Waals surface area contributed by atoms with Gasteiger partial charge in [-0.25, -0.2) is 9.97 Å². The zero-order chi connectivity index (χ0) is 13.7. The van der Waals surface area contributed by atoms with Gasteiger partial charge in [-0.1, -0.05) is 0 Å². The van der Waals surface area contributed by atoms with Crippen LogP contribution in [0.15, 0.2) is 24.7 Å². The maximum atomic E-state index is 10.9. The number of nitriles is 1. The number of aromatic nitrogens is 3. The molecule has 0 aliphatic carbocycles. The third-order valence-corrected chi connectivity index (χ3v) is 2.40. The van der Waals surface area contributed by atoms with Crippen LogP contribution in [0.2, 0.25) is 0 Å². The lowest BCUT2D eigenvalue weighted by Crippen LogP contribution is -2.09. The Bertz CT molecular complexity index is 617. The van der Waals surface area contributed by atoms with Crippen LogP contribution in [0.25, 0.3) is 0 Å². The molecule has 0 aromatic carbocycles. The molecule has 0 radical (unpaired) electrons. The first-order chi connectivity index (χ1) is 9.20. The van der Waals surface area contributed by atoms with Crippen LogP contribution in [0.1, 0.15) is 11.4 Å². The van der Waals surface area contributed by atoms with Crippen LogP contribution in [0.4, 0.5) is 11.5 Å². The Balaban J connectivity index is 2.07. The van der Waals surface area contributed by atoms with Crippen LogP contribution in [0, 0.1) is 21.4 Å². The summed E-state index contributed by atoms with van der Waals surface area (Å²) in [6, 6.07) is 3.01. The average molecular weight is 258 g/mol. The monoisotopic (exact) mass is 258 g/mol. The highest BCUT2D eigenvalue weighted by atomic mass is 16.6. The van der Waals surface area contributed by atoms with Crippen LogP contribution in [0.5, 0.6) is 0 Å². The highest BCUT2D eigenvalue weighted by Crippen LogP contribution is 2.22. The van der Waals surface area contributed by atoms with Crippen molar-refractivity contribution in [3.63, 3.8) is 0 Å². The summed E-state index contributed by atoms with van der Waals surface area (Å²) in [4.78, 5) is 21.2. The summed E-state index contributed by atoms with van der Waals surface area (Å²) in [5, 5.41) is 22.4. The Morgan fingerprint density at radius 2 is 2.37 bits per heavy atom. The number of nitro groups is 1. The molecule has 2 rings (SSSR count). The van der Waals surface area contributed by atoms with Crippen molar-refractivity contribution in [2.45, 2.75) is 6.42 Å². The minimum absolute atomic E-state index is 0.149. The second-order valence-corrected chi connectivity index (χ2v) is 3.67. The molecule has 0 bridgehead atoms. The number of anilines is 1. The van der Waals surface area contributed by atoms with Gasteiger partial charge in [-0.3, -0.25) is 10.1 Å². The van der Waals surface area contributed by atoms with Gasteiger partial charge in [-0.15, -0.1) is 0 Å². The van der Waals surface area contributed by atoms with Crippen molar-refractivity contribution < 1.29 is 4.92 Å². The second-order valence-electron chi connectivity index (χ2n) is 3.67. The first-order valence-corrected chi connectivity index (χ1v) is 5.47. The summed E-state index contributed by atoms with van der Waals surface area (Å²) in [5.74, 6) is 0.930. The Morgan fingerprint density at radius 3 is 3.00 bits per heavy atom. The SMILES string of the molecule is N#Cc1cnc(NCCc2ncc[nH]2)c([N+](=O)[O-])c1. The molecule has 8 nitrogen and oxygen atoms in total. The largest absolute Gasteiger partial charge is 0.364 e. The molecule has 19 heavy (non-hydrogen) atoms. The molecule has 0 saturated carbocycles. The second kappa shape index (κ2) is 5.59. The molecule has 2 aromatic heterocycles. The highest BCUT2D eigenvalue weighted by molar-refractivity contribution is 5.58. The summed E-state index contributed by atoms with van der Waals surface area (Å²) in [6.45, 7) is 0.452. The molecule has 0 aliphatic heterocycles. The van der Waals surface area contributed by atoms with E-state index in [0.717, 1.165) is 5.82 Å². The van der Waals surface area contributed by atoms with Crippen molar-refractivity contribution in [1.29, 1.82) is 5.26 Å². The number of imidazole rings is 1. The van der Waals surface area contributed by atoms with E-state index in [-0.39, 0.29) is 17.1 Å². The summed E-state index contributed by atoms with van der Waals surface area (Å²) in [6.07, 6.45) is 5.23. The summed E-state index contributed by atoms with van der Waals surface area (Å²) < 4.78 is 0. The van der Waals surface area contributed by atoms with E-state index in [0.29, 0.717) is 13.0 Å². The van der Waals surface area contributed by atoms with Crippen LogP contribution in [0.3, 0.4) is 0 Å². The quantitative estimate of drug-likeness (QED) is 0.614. The molecule has 0 spiro atoms. The van der Waals surface area contributed by atoms with Gasteiger partial charge in [-0.05, 0) is 0 Å². The lowest BCUT2D eigenvalue weighted by atomic mass is 10.2. The van der Waals surface area contributed by atoms with Gasteiger partial charge in [0, 0.05) is 37.6 Å². The molecule has 0 unspecified atom stereocenters. The topological polar surface area (TPSA) is 121 Å². The zero-order valence-electron chi connectivity index (χ0n) is 9.83. The predicted octanol–water partition coefficient (Wildman–Crippen LogP) is 1.24. The normalized spacial score (nSPS) is 9.84. The van der Waals surface area contributed by atoms with Gasteiger partial charge in [0.05, 0.1) is 10.5 Å². The molecule has 0 fully saturated rings. The lowest BCUT2D eigenvalue weighted by Gasteiger charge is -2.05. The first-order valence-electron chi connectivity index (χ1n) is 5.47. The van der Waals surface area contributed by atoms with E-state index < -0.39 is 4.92 Å². The number of rotatable bonds is 5. The fourth-order valence-corrected chi connectivity index (χ4v) is 1.52. The summed E-state index contributed by atoms with van der Waals surface area (Å²) in [5.41, 5.74) is -0.0539. The fourth-order valence-electron chi connectivity index (χ4n) is 1.52. The van der Waals surface area contributed by atoms with E-state index in [4.69, 9.17) is 5.26 Å². The third kappa shape index (κ3) is 3.04. The Morgan fingerprint density at radius 1 is 1.53 bits per heavy atom. The van der Waals surface area contributed by atoms with Gasteiger partial charge >= 0.3 is 5.69 Å². The van der Waals surface area contributed by atoms with Gasteiger partial charge in [-0.2, -0.15) is 5.26 Å². The van der Waals surface area contributed by atoms with Gasteiger partial charge in [0.15, 0.2) is 0 Å². The Hall–Kier alpha value is -2.95. The van der Waals surface area contributed by atoms with Crippen molar-refractivity contribution >= 4 is 11.5 Å². The van der Waals surface area contributed by atoms with Crippen LogP contribution >= 0.6 is 0 Å². The molecule has 0 amide bonds. The van der Waals surface area contributed by atoms with Crippen LogP contribution in [-0.2, 0) is 6.42 Å². The molecule has 8 heteroatoms. The van der Waals surface area contributed by atoms with Crippen molar-refractivity contribution in [3.8, 4) is 6.07 Å². The summed E-state index contributed by atoms with van der Waals surface area (Å²) >= 11 is 0. The predicted molar refractivity (Wildman–Crippen MR) is 66.4 cm³/mol.